The molecule has 1 N–H and O–H groups in total. The van der Waals surface area contributed by atoms with Gasteiger partial charge in [0.15, 0.2) is 0 Å². The lowest BCUT2D eigenvalue weighted by Gasteiger charge is -2.53. The van der Waals surface area contributed by atoms with Crippen molar-refractivity contribution in [1.29, 1.82) is 0 Å². The molecule has 0 saturated carbocycles. The van der Waals surface area contributed by atoms with Crippen molar-refractivity contribution in [2.75, 3.05) is 32.0 Å². The Labute approximate surface area is 150 Å². The molecular weight excluding hydrogens is 340 g/mol. The number of aromatic nitrogens is 2. The first-order chi connectivity index (χ1) is 11.8. The van der Waals surface area contributed by atoms with Crippen molar-refractivity contribution in [3.63, 3.8) is 0 Å². The van der Waals surface area contributed by atoms with Gasteiger partial charge in [0.05, 0.1) is 24.2 Å². The van der Waals surface area contributed by atoms with Gasteiger partial charge in [-0.1, -0.05) is 0 Å². The van der Waals surface area contributed by atoms with Gasteiger partial charge in [-0.15, -0.1) is 0 Å². The van der Waals surface area contributed by atoms with E-state index in [0.717, 1.165) is 32.5 Å². The van der Waals surface area contributed by atoms with Crippen LogP contribution in [0.15, 0.2) is 12.4 Å². The maximum absolute atomic E-state index is 11.5. The molecule has 3 heterocycles. The Balaban J connectivity index is 1.40. The van der Waals surface area contributed by atoms with Crippen LogP contribution in [0, 0.1) is 5.92 Å². The minimum atomic E-state index is -3.11. The van der Waals surface area contributed by atoms with E-state index in [9.17, 15) is 8.42 Å². The zero-order chi connectivity index (χ0) is 18.1. The van der Waals surface area contributed by atoms with Crippen molar-refractivity contribution in [2.24, 2.45) is 5.92 Å². The molecule has 1 atom stereocenters. The van der Waals surface area contributed by atoms with Gasteiger partial charge in [-0.25, -0.2) is 13.1 Å². The molecule has 25 heavy (non-hydrogen) atoms. The van der Waals surface area contributed by atoms with Crippen LogP contribution in [0.5, 0.6) is 0 Å². The van der Waals surface area contributed by atoms with E-state index in [0.29, 0.717) is 19.2 Å². The SMILES string of the molecule is CCS(=O)(=O)NC[C@H]1CCC2(CN(Cc3cnn(C(C)C)c3)C2)OC1. The molecule has 1 aromatic heterocycles. The summed E-state index contributed by atoms with van der Waals surface area (Å²) in [7, 11) is -3.11. The van der Waals surface area contributed by atoms with E-state index in [1.165, 1.54) is 5.56 Å². The molecule has 0 radical (unpaired) electrons. The summed E-state index contributed by atoms with van der Waals surface area (Å²) in [4.78, 5) is 2.39. The highest BCUT2D eigenvalue weighted by atomic mass is 32.2. The first-order valence-electron chi connectivity index (χ1n) is 9.17. The highest BCUT2D eigenvalue weighted by Gasteiger charge is 2.46. The molecular formula is C17H30N4O3S. The van der Waals surface area contributed by atoms with Gasteiger partial charge in [0.25, 0.3) is 0 Å². The minimum Gasteiger partial charge on any atom is -0.372 e. The molecule has 142 valence electrons. The van der Waals surface area contributed by atoms with E-state index in [2.05, 4.69) is 34.8 Å². The molecule has 2 fully saturated rings. The van der Waals surface area contributed by atoms with Gasteiger partial charge in [-0.3, -0.25) is 9.58 Å². The van der Waals surface area contributed by atoms with E-state index in [4.69, 9.17) is 4.74 Å². The van der Waals surface area contributed by atoms with Crippen LogP contribution in [0.2, 0.25) is 0 Å². The summed E-state index contributed by atoms with van der Waals surface area (Å²) >= 11 is 0. The van der Waals surface area contributed by atoms with E-state index >= 15 is 0 Å². The molecule has 1 spiro atoms. The molecule has 0 amide bonds. The summed E-state index contributed by atoms with van der Waals surface area (Å²) in [5.41, 5.74) is 1.22. The summed E-state index contributed by atoms with van der Waals surface area (Å²) in [5.74, 6) is 0.414. The van der Waals surface area contributed by atoms with Crippen molar-refractivity contribution in [3.8, 4) is 0 Å². The van der Waals surface area contributed by atoms with Crippen LogP contribution in [0.1, 0.15) is 45.2 Å². The van der Waals surface area contributed by atoms with E-state index in [1.807, 2.05) is 10.9 Å². The van der Waals surface area contributed by atoms with Crippen molar-refractivity contribution >= 4 is 10.0 Å². The zero-order valence-electron chi connectivity index (χ0n) is 15.4. The average Bonchev–Trinajstić information content (AvgIpc) is 3.02. The number of hydrogen-bond acceptors (Lipinski definition) is 5. The van der Waals surface area contributed by atoms with Gasteiger partial charge in [0.2, 0.25) is 10.0 Å². The fourth-order valence-corrected chi connectivity index (χ4v) is 4.25. The van der Waals surface area contributed by atoms with E-state index < -0.39 is 10.0 Å². The number of nitrogens with one attached hydrogen (secondary N) is 1. The van der Waals surface area contributed by atoms with Crippen molar-refractivity contribution < 1.29 is 13.2 Å². The predicted octanol–water partition coefficient (Wildman–Crippen LogP) is 1.38. The smallest absolute Gasteiger partial charge is 0.211 e. The first-order valence-corrected chi connectivity index (χ1v) is 10.8. The van der Waals surface area contributed by atoms with Crippen LogP contribution in [0.3, 0.4) is 0 Å². The Morgan fingerprint density at radius 3 is 2.76 bits per heavy atom. The Kier molecular flexibility index (Phi) is 5.53. The Morgan fingerprint density at radius 2 is 2.20 bits per heavy atom. The highest BCUT2D eigenvalue weighted by molar-refractivity contribution is 7.89. The van der Waals surface area contributed by atoms with E-state index in [-0.39, 0.29) is 17.3 Å². The van der Waals surface area contributed by atoms with Gasteiger partial charge < -0.3 is 4.74 Å². The summed E-state index contributed by atoms with van der Waals surface area (Å²) < 4.78 is 33.8. The van der Waals surface area contributed by atoms with Crippen LogP contribution in [0.4, 0.5) is 0 Å². The fraction of sp³-hybridized carbons (Fsp3) is 0.824. The molecule has 3 rings (SSSR count). The van der Waals surface area contributed by atoms with Gasteiger partial charge in [0, 0.05) is 44.0 Å². The Bertz CT molecular complexity index is 670. The third-order valence-electron chi connectivity index (χ3n) is 5.22. The standard InChI is InChI=1S/C17H30N4O3S/c1-4-25(22,23)19-8-15-5-6-17(24-11-15)12-20(13-17)9-16-7-18-21(10-16)14(2)3/h7,10,14-15,19H,4-6,8-9,11-13H2,1-3H3/t15-/m1/s1. The summed E-state index contributed by atoms with van der Waals surface area (Å²) in [6.45, 7) is 9.86. The van der Waals surface area contributed by atoms with Crippen LogP contribution in [-0.4, -0.2) is 60.7 Å². The topological polar surface area (TPSA) is 76.5 Å². The minimum absolute atomic E-state index is 0.0197. The number of sulfonamides is 1. The summed E-state index contributed by atoms with van der Waals surface area (Å²) in [6, 6.07) is 0.389. The van der Waals surface area contributed by atoms with Crippen LogP contribution in [-0.2, 0) is 21.3 Å². The third-order valence-corrected chi connectivity index (χ3v) is 6.59. The maximum atomic E-state index is 11.5. The Morgan fingerprint density at radius 1 is 1.44 bits per heavy atom. The van der Waals surface area contributed by atoms with Crippen LogP contribution in [0.25, 0.3) is 0 Å². The van der Waals surface area contributed by atoms with E-state index in [1.54, 1.807) is 6.92 Å². The average molecular weight is 371 g/mol. The van der Waals surface area contributed by atoms with Crippen LogP contribution < -0.4 is 4.72 Å². The normalized spacial score (nSPS) is 23.9. The predicted molar refractivity (Wildman–Crippen MR) is 96.8 cm³/mol. The molecule has 2 aliphatic rings. The highest BCUT2D eigenvalue weighted by Crippen LogP contribution is 2.36. The number of ether oxygens (including phenoxy) is 1. The zero-order valence-corrected chi connectivity index (χ0v) is 16.3. The molecule has 0 bridgehead atoms. The Hall–Kier alpha value is -0.960. The lowest BCUT2D eigenvalue weighted by molar-refractivity contribution is -0.181. The molecule has 0 aromatic carbocycles. The second-order valence-electron chi connectivity index (χ2n) is 7.72. The summed E-state index contributed by atoms with van der Waals surface area (Å²) in [6.07, 6.45) is 6.09. The molecule has 8 heteroatoms. The second kappa shape index (κ2) is 7.34. The van der Waals surface area contributed by atoms with Crippen molar-refractivity contribution in [3.05, 3.63) is 18.0 Å². The molecule has 1 aromatic rings. The monoisotopic (exact) mass is 370 g/mol. The molecule has 2 aliphatic heterocycles. The molecule has 2 saturated heterocycles. The molecule has 7 nitrogen and oxygen atoms in total. The van der Waals surface area contributed by atoms with Gasteiger partial charge >= 0.3 is 0 Å². The summed E-state index contributed by atoms with van der Waals surface area (Å²) in [5, 5.41) is 4.39. The lowest BCUT2D eigenvalue weighted by Crippen LogP contribution is -2.64. The fourth-order valence-electron chi connectivity index (χ4n) is 3.55. The quantitative estimate of drug-likeness (QED) is 0.785. The molecule has 0 unspecified atom stereocenters. The van der Waals surface area contributed by atoms with Gasteiger partial charge in [-0.05, 0) is 39.5 Å². The first kappa shape index (κ1) is 18.8. The third kappa shape index (κ3) is 4.61. The van der Waals surface area contributed by atoms with Crippen LogP contribution >= 0.6 is 0 Å². The number of hydrogen-bond donors (Lipinski definition) is 1. The number of nitrogens with zero attached hydrogens (tertiary/aromatic N) is 3. The maximum Gasteiger partial charge on any atom is 0.211 e. The second-order valence-corrected chi connectivity index (χ2v) is 9.81. The number of likely N-dealkylation sites (tertiary alicyclic amines) is 1. The largest absolute Gasteiger partial charge is 0.372 e. The van der Waals surface area contributed by atoms with Crippen molar-refractivity contribution in [1.82, 2.24) is 19.4 Å². The van der Waals surface area contributed by atoms with Gasteiger partial charge in [0.1, 0.15) is 0 Å². The van der Waals surface area contributed by atoms with Crippen molar-refractivity contribution in [2.45, 2.75) is 51.8 Å². The molecule has 0 aliphatic carbocycles. The lowest BCUT2D eigenvalue weighted by atomic mass is 9.83. The van der Waals surface area contributed by atoms with Gasteiger partial charge in [-0.2, -0.15) is 5.10 Å². The number of rotatable bonds is 7.